The van der Waals surface area contributed by atoms with Crippen LogP contribution in [-0.4, -0.2) is 61.0 Å². The first-order valence-electron chi connectivity index (χ1n) is 16.4. The van der Waals surface area contributed by atoms with Crippen molar-refractivity contribution < 1.29 is 22.9 Å². The zero-order chi connectivity index (χ0) is 29.3. The molecule has 0 saturated heterocycles. The van der Waals surface area contributed by atoms with E-state index < -0.39 is 21.6 Å². The number of carbonyl (C=O) groups excluding carboxylic acids is 1. The molecule has 232 valence electrons. The van der Waals surface area contributed by atoms with Gasteiger partial charge in [0.05, 0.1) is 6.10 Å². The number of nitrogens with zero attached hydrogens (tertiary/aromatic N) is 1. The van der Waals surface area contributed by atoms with E-state index in [0.29, 0.717) is 42.6 Å². The highest BCUT2D eigenvalue weighted by Crippen LogP contribution is 2.68. The summed E-state index contributed by atoms with van der Waals surface area (Å²) in [5.74, 6) is 5.06. The van der Waals surface area contributed by atoms with Crippen LogP contribution in [0.1, 0.15) is 117 Å². The molecule has 4 aliphatic rings. The van der Waals surface area contributed by atoms with E-state index in [1.165, 1.54) is 83.2 Å². The highest BCUT2D eigenvalue weighted by atomic mass is 32.2. The fraction of sp³-hybridized carbons (Fsp3) is 0.969. The predicted octanol–water partition coefficient (Wildman–Crippen LogP) is 5.87. The summed E-state index contributed by atoms with van der Waals surface area (Å²) in [6.07, 6.45) is 16.0. The molecule has 8 heteroatoms. The molecule has 10 atom stereocenters. The second-order valence-electron chi connectivity index (χ2n) is 14.9. The van der Waals surface area contributed by atoms with Gasteiger partial charge in [0.25, 0.3) is 10.1 Å². The van der Waals surface area contributed by atoms with Gasteiger partial charge in [0.2, 0.25) is 5.91 Å². The largest absolute Gasteiger partial charge is 0.390 e. The average molecular weight is 583 g/mol. The fourth-order valence-corrected chi connectivity index (χ4v) is 11.6. The third kappa shape index (κ3) is 6.60. The van der Waals surface area contributed by atoms with Gasteiger partial charge in [-0.2, -0.15) is 8.42 Å². The predicted molar refractivity (Wildman–Crippen MR) is 160 cm³/mol. The lowest BCUT2D eigenvalue weighted by atomic mass is 9.44. The number of fused-ring (bicyclic) bond motifs is 5. The van der Waals surface area contributed by atoms with E-state index in [4.69, 9.17) is 0 Å². The van der Waals surface area contributed by atoms with Crippen LogP contribution in [0.2, 0.25) is 0 Å². The van der Waals surface area contributed by atoms with E-state index in [0.717, 1.165) is 36.0 Å². The van der Waals surface area contributed by atoms with Gasteiger partial charge in [-0.05, 0) is 137 Å². The van der Waals surface area contributed by atoms with Crippen LogP contribution in [0.15, 0.2) is 0 Å². The molecule has 0 bridgehead atoms. The maximum absolute atomic E-state index is 12.6. The van der Waals surface area contributed by atoms with Crippen molar-refractivity contribution in [2.24, 2.45) is 46.3 Å². The summed E-state index contributed by atoms with van der Waals surface area (Å²) in [6, 6.07) is 0. The van der Waals surface area contributed by atoms with Crippen molar-refractivity contribution in [2.75, 3.05) is 20.6 Å². The summed E-state index contributed by atoms with van der Waals surface area (Å²) in [4.78, 5) is 13.9. The first-order valence-corrected chi connectivity index (χ1v) is 17.9. The van der Waals surface area contributed by atoms with Gasteiger partial charge >= 0.3 is 0 Å². The Labute approximate surface area is 244 Å². The third-order valence-electron chi connectivity index (χ3n) is 12.6. The van der Waals surface area contributed by atoms with E-state index in [9.17, 15) is 22.9 Å². The zero-order valence-corrected chi connectivity index (χ0v) is 26.7. The summed E-state index contributed by atoms with van der Waals surface area (Å²) < 4.78 is 32.4. The molecule has 4 aliphatic carbocycles. The Morgan fingerprint density at radius 3 is 2.38 bits per heavy atom. The van der Waals surface area contributed by atoms with E-state index in [1.807, 2.05) is 0 Å². The van der Waals surface area contributed by atoms with Crippen molar-refractivity contribution in [3.05, 3.63) is 0 Å². The number of aliphatic hydroxyl groups excluding tert-OH is 1. The molecule has 0 aromatic heterocycles. The molecular weight excluding hydrogens is 524 g/mol. The summed E-state index contributed by atoms with van der Waals surface area (Å²) in [5, 5.41) is 11.9. The van der Waals surface area contributed by atoms with Crippen LogP contribution in [0.25, 0.3) is 0 Å². The van der Waals surface area contributed by atoms with Crippen molar-refractivity contribution in [1.82, 2.24) is 10.2 Å². The minimum atomic E-state index is -4.36. The molecule has 4 fully saturated rings. The average Bonchev–Trinajstić information content (AvgIpc) is 3.23. The monoisotopic (exact) mass is 582 g/mol. The number of carbonyl (C=O) groups is 1. The normalized spacial score (nSPS) is 38.1. The standard InChI is InChI=1S/C32H58N2O5S/c1-22(12-17-29(36)33-21-9-7-11-28(35)30(34(4)5)40(37,38)39)25-15-16-26-24-14-13-23-10-6-8-19-31(23,2)27(24)18-20-32(25,26)3/h22-28,30,35H,6-21H2,1-5H3,(H,33,36)(H,37,38,39)/t22-,23?,24?,25-,26?,27?,28?,30?,31+,32-/m1/s1. The van der Waals surface area contributed by atoms with Crippen LogP contribution in [0.5, 0.6) is 0 Å². The van der Waals surface area contributed by atoms with Crippen LogP contribution in [0.4, 0.5) is 0 Å². The zero-order valence-electron chi connectivity index (χ0n) is 25.9. The van der Waals surface area contributed by atoms with E-state index in [1.54, 1.807) is 0 Å². The molecule has 7 nitrogen and oxygen atoms in total. The van der Waals surface area contributed by atoms with Crippen molar-refractivity contribution in [3.63, 3.8) is 0 Å². The number of rotatable bonds is 12. The van der Waals surface area contributed by atoms with Crippen molar-refractivity contribution in [3.8, 4) is 0 Å². The number of likely N-dealkylation sites (N-methyl/N-ethyl adjacent to an activating group) is 1. The summed E-state index contributed by atoms with van der Waals surface area (Å²) >= 11 is 0. The van der Waals surface area contributed by atoms with Gasteiger partial charge in [-0.15, -0.1) is 0 Å². The van der Waals surface area contributed by atoms with Gasteiger partial charge in [-0.3, -0.25) is 14.2 Å². The molecule has 0 aliphatic heterocycles. The molecule has 4 rings (SSSR count). The topological polar surface area (TPSA) is 107 Å². The quantitative estimate of drug-likeness (QED) is 0.196. The summed E-state index contributed by atoms with van der Waals surface area (Å²) in [6.45, 7) is 8.17. The second-order valence-corrected chi connectivity index (χ2v) is 16.4. The molecule has 0 heterocycles. The molecule has 0 spiro atoms. The molecule has 6 unspecified atom stereocenters. The Bertz CT molecular complexity index is 972. The van der Waals surface area contributed by atoms with Gasteiger partial charge in [-0.1, -0.05) is 33.6 Å². The fourth-order valence-electron chi connectivity index (χ4n) is 10.6. The lowest BCUT2D eigenvalue weighted by Gasteiger charge is -2.61. The molecule has 3 N–H and O–H groups in total. The first kappa shape index (κ1) is 32.2. The lowest BCUT2D eigenvalue weighted by molar-refractivity contribution is -0.122. The number of aliphatic hydroxyl groups is 1. The van der Waals surface area contributed by atoms with Crippen LogP contribution in [0, 0.1) is 46.3 Å². The molecule has 0 aromatic rings. The third-order valence-corrected chi connectivity index (χ3v) is 13.9. The Morgan fingerprint density at radius 2 is 1.68 bits per heavy atom. The Balaban J connectivity index is 1.20. The number of unbranched alkanes of at least 4 members (excludes halogenated alkanes) is 1. The number of amides is 1. The number of hydrogen-bond donors (Lipinski definition) is 3. The highest BCUT2D eigenvalue weighted by Gasteiger charge is 2.60. The molecule has 1 amide bonds. The van der Waals surface area contributed by atoms with E-state index in [-0.39, 0.29) is 12.3 Å². The molecule has 0 aromatic carbocycles. The maximum Gasteiger partial charge on any atom is 0.283 e. The number of nitrogens with one attached hydrogen (secondary N) is 1. The van der Waals surface area contributed by atoms with Gasteiger partial charge in [0.15, 0.2) is 5.37 Å². The van der Waals surface area contributed by atoms with Crippen LogP contribution in [-0.2, 0) is 14.9 Å². The molecule has 4 saturated carbocycles. The van der Waals surface area contributed by atoms with Crippen molar-refractivity contribution in [1.29, 1.82) is 0 Å². The first-order chi connectivity index (χ1) is 18.8. The van der Waals surface area contributed by atoms with Crippen LogP contribution in [0.3, 0.4) is 0 Å². The minimum absolute atomic E-state index is 0.0865. The summed E-state index contributed by atoms with van der Waals surface area (Å²) in [7, 11) is -1.33. The summed E-state index contributed by atoms with van der Waals surface area (Å²) in [5.41, 5.74) is 1.02. The minimum Gasteiger partial charge on any atom is -0.390 e. The van der Waals surface area contributed by atoms with Crippen LogP contribution >= 0.6 is 0 Å². The maximum atomic E-state index is 12.6. The number of hydrogen-bond acceptors (Lipinski definition) is 5. The molecule has 0 radical (unpaired) electrons. The van der Waals surface area contributed by atoms with E-state index in [2.05, 4.69) is 26.1 Å². The SMILES string of the molecule is C[C@H](CCC(=O)NCCCCC(O)C(N(C)C)S(=O)(=O)O)[C@H]1CCC2C3CCC4CCCC[C@]4(C)C3CC[C@@]21C. The molecular formula is C32H58N2O5S. The molecule has 40 heavy (non-hydrogen) atoms. The van der Waals surface area contributed by atoms with Crippen molar-refractivity contribution in [2.45, 2.75) is 129 Å². The lowest BCUT2D eigenvalue weighted by Crippen LogP contribution is -2.53. The second kappa shape index (κ2) is 12.9. The Morgan fingerprint density at radius 1 is 0.950 bits per heavy atom. The highest BCUT2D eigenvalue weighted by molar-refractivity contribution is 7.86. The van der Waals surface area contributed by atoms with E-state index >= 15 is 0 Å². The van der Waals surface area contributed by atoms with Crippen LogP contribution < -0.4 is 5.32 Å². The van der Waals surface area contributed by atoms with Gasteiger partial charge in [-0.25, -0.2) is 0 Å². The Hall–Kier alpha value is -0.700. The Kier molecular flexibility index (Phi) is 10.4. The van der Waals surface area contributed by atoms with Gasteiger partial charge in [0, 0.05) is 13.0 Å². The smallest absolute Gasteiger partial charge is 0.283 e. The van der Waals surface area contributed by atoms with Gasteiger partial charge in [0.1, 0.15) is 0 Å². The van der Waals surface area contributed by atoms with Gasteiger partial charge < -0.3 is 10.4 Å². The van der Waals surface area contributed by atoms with Crippen molar-refractivity contribution >= 4 is 16.0 Å².